The first kappa shape index (κ1) is 12.2. The summed E-state index contributed by atoms with van der Waals surface area (Å²) in [5.41, 5.74) is 0.389. The van der Waals surface area contributed by atoms with Crippen LogP contribution >= 0.6 is 0 Å². The van der Waals surface area contributed by atoms with Gasteiger partial charge in [0.25, 0.3) is 5.56 Å². The number of benzene rings is 1. The van der Waals surface area contributed by atoms with E-state index in [0.717, 1.165) is 0 Å². The van der Waals surface area contributed by atoms with Crippen molar-refractivity contribution >= 4 is 16.9 Å². The van der Waals surface area contributed by atoms with E-state index in [1.54, 1.807) is 24.3 Å². The Kier molecular flexibility index (Phi) is 3.66. The van der Waals surface area contributed by atoms with Crippen LogP contribution in [-0.4, -0.2) is 26.1 Å². The van der Waals surface area contributed by atoms with Gasteiger partial charge in [0.2, 0.25) is 0 Å². The Morgan fingerprint density at radius 1 is 1.28 bits per heavy atom. The quantitative estimate of drug-likeness (QED) is 0.798. The Morgan fingerprint density at radius 2 is 2.06 bits per heavy atom. The van der Waals surface area contributed by atoms with Crippen molar-refractivity contribution in [3.05, 3.63) is 34.6 Å². The molecule has 2 rings (SSSR count). The maximum atomic E-state index is 12.0. The molecule has 0 amide bonds. The minimum atomic E-state index is -0.827. The highest BCUT2D eigenvalue weighted by atomic mass is 16.4. The zero-order chi connectivity index (χ0) is 13.0. The monoisotopic (exact) mass is 247 g/mol. The number of aromatic nitrogens is 3. The summed E-state index contributed by atoms with van der Waals surface area (Å²) in [4.78, 5) is 22.4. The summed E-state index contributed by atoms with van der Waals surface area (Å²) in [5.74, 6) is -0.827. The van der Waals surface area contributed by atoms with Crippen molar-refractivity contribution in [2.24, 2.45) is 0 Å². The molecule has 94 valence electrons. The van der Waals surface area contributed by atoms with Crippen LogP contribution in [-0.2, 0) is 11.3 Å². The van der Waals surface area contributed by atoms with E-state index in [4.69, 9.17) is 5.11 Å². The van der Waals surface area contributed by atoms with Gasteiger partial charge in [-0.2, -0.15) is 0 Å². The largest absolute Gasteiger partial charge is 0.481 e. The van der Waals surface area contributed by atoms with E-state index in [2.05, 4.69) is 10.3 Å². The first-order valence-corrected chi connectivity index (χ1v) is 5.73. The molecule has 0 fully saturated rings. The maximum absolute atomic E-state index is 12.0. The smallest absolute Gasteiger partial charge is 0.303 e. The number of hydrogen-bond acceptors (Lipinski definition) is 4. The van der Waals surface area contributed by atoms with Gasteiger partial charge in [0.1, 0.15) is 5.52 Å². The number of nitrogens with zero attached hydrogens (tertiary/aromatic N) is 3. The summed E-state index contributed by atoms with van der Waals surface area (Å²) in [6.45, 7) is 0.393. The van der Waals surface area contributed by atoms with E-state index in [-0.39, 0.29) is 12.0 Å². The molecule has 0 aliphatic carbocycles. The SMILES string of the molecule is O=C(O)CCCCn1nnc2ccccc2c1=O. The number of carboxylic acids is 1. The summed E-state index contributed by atoms with van der Waals surface area (Å²) in [6, 6.07) is 7.02. The number of carbonyl (C=O) groups is 1. The van der Waals surface area contributed by atoms with Crippen LogP contribution in [0, 0.1) is 0 Å². The molecule has 1 N–H and O–H groups in total. The van der Waals surface area contributed by atoms with Gasteiger partial charge in [0, 0.05) is 13.0 Å². The average Bonchev–Trinajstić information content (AvgIpc) is 2.37. The highest BCUT2D eigenvalue weighted by Gasteiger charge is 2.04. The molecule has 6 nitrogen and oxygen atoms in total. The van der Waals surface area contributed by atoms with Crippen molar-refractivity contribution in [2.75, 3.05) is 0 Å². The first-order valence-electron chi connectivity index (χ1n) is 5.73. The molecule has 0 aliphatic heterocycles. The zero-order valence-electron chi connectivity index (χ0n) is 9.74. The number of aliphatic carboxylic acids is 1. The topological polar surface area (TPSA) is 85.1 Å². The summed E-state index contributed by atoms with van der Waals surface area (Å²) >= 11 is 0. The highest BCUT2D eigenvalue weighted by Crippen LogP contribution is 2.04. The van der Waals surface area contributed by atoms with Crippen molar-refractivity contribution in [1.29, 1.82) is 0 Å². The van der Waals surface area contributed by atoms with Gasteiger partial charge in [0.15, 0.2) is 0 Å². The predicted octanol–water partition coefficient (Wildman–Crippen LogP) is 1.05. The van der Waals surface area contributed by atoms with E-state index < -0.39 is 5.97 Å². The van der Waals surface area contributed by atoms with Crippen molar-refractivity contribution in [1.82, 2.24) is 15.0 Å². The molecule has 0 atom stereocenters. The lowest BCUT2D eigenvalue weighted by molar-refractivity contribution is -0.137. The van der Waals surface area contributed by atoms with Gasteiger partial charge in [-0.1, -0.05) is 17.3 Å². The van der Waals surface area contributed by atoms with Gasteiger partial charge in [0.05, 0.1) is 5.39 Å². The maximum Gasteiger partial charge on any atom is 0.303 e. The number of carboxylic acid groups (broad SMARTS) is 1. The summed E-state index contributed by atoms with van der Waals surface area (Å²) < 4.78 is 1.28. The zero-order valence-corrected chi connectivity index (χ0v) is 9.74. The van der Waals surface area contributed by atoms with Gasteiger partial charge < -0.3 is 5.11 Å². The second-order valence-corrected chi connectivity index (χ2v) is 3.99. The van der Waals surface area contributed by atoms with Crippen LogP contribution in [0.4, 0.5) is 0 Å². The van der Waals surface area contributed by atoms with E-state index in [1.807, 2.05) is 0 Å². The van der Waals surface area contributed by atoms with Gasteiger partial charge in [-0.15, -0.1) is 5.10 Å². The minimum Gasteiger partial charge on any atom is -0.481 e. The molecular weight excluding hydrogens is 234 g/mol. The molecule has 18 heavy (non-hydrogen) atoms. The molecule has 0 aliphatic rings. The number of hydrogen-bond donors (Lipinski definition) is 1. The van der Waals surface area contributed by atoms with Gasteiger partial charge >= 0.3 is 5.97 Å². The fourth-order valence-corrected chi connectivity index (χ4v) is 1.71. The average molecular weight is 247 g/mol. The molecule has 6 heteroatoms. The molecule has 0 unspecified atom stereocenters. The molecule has 1 heterocycles. The molecule has 1 aromatic heterocycles. The van der Waals surface area contributed by atoms with E-state index in [0.29, 0.717) is 30.3 Å². The molecule has 0 spiro atoms. The second-order valence-electron chi connectivity index (χ2n) is 3.99. The van der Waals surface area contributed by atoms with Crippen molar-refractivity contribution < 1.29 is 9.90 Å². The lowest BCUT2D eigenvalue weighted by Crippen LogP contribution is -2.24. The molecule has 2 aromatic rings. The molecule has 1 aromatic carbocycles. The third-order valence-corrected chi connectivity index (χ3v) is 2.64. The van der Waals surface area contributed by atoms with Crippen LogP contribution in [0.15, 0.2) is 29.1 Å². The van der Waals surface area contributed by atoms with Crippen LogP contribution in [0.25, 0.3) is 10.9 Å². The number of unbranched alkanes of at least 4 members (excludes halogenated alkanes) is 1. The van der Waals surface area contributed by atoms with Crippen molar-refractivity contribution in [3.63, 3.8) is 0 Å². The van der Waals surface area contributed by atoms with E-state index in [9.17, 15) is 9.59 Å². The molecule has 0 radical (unpaired) electrons. The second kappa shape index (κ2) is 5.39. The molecule has 0 saturated carbocycles. The number of aryl methyl sites for hydroxylation is 1. The van der Waals surface area contributed by atoms with Crippen molar-refractivity contribution in [2.45, 2.75) is 25.8 Å². The predicted molar refractivity (Wildman–Crippen MR) is 65.3 cm³/mol. The summed E-state index contributed by atoms with van der Waals surface area (Å²) in [5, 5.41) is 16.8. The Hall–Kier alpha value is -2.24. The Morgan fingerprint density at radius 3 is 2.83 bits per heavy atom. The first-order chi connectivity index (χ1) is 8.68. The normalized spacial score (nSPS) is 10.7. The molecule has 0 saturated heterocycles. The fraction of sp³-hybridized carbons (Fsp3) is 0.333. The number of rotatable bonds is 5. The summed E-state index contributed by atoms with van der Waals surface area (Å²) in [7, 11) is 0. The van der Waals surface area contributed by atoms with Crippen LogP contribution in [0.5, 0.6) is 0 Å². The van der Waals surface area contributed by atoms with Gasteiger partial charge in [-0.05, 0) is 25.0 Å². The lowest BCUT2D eigenvalue weighted by Gasteiger charge is -2.03. The van der Waals surface area contributed by atoms with E-state index >= 15 is 0 Å². The van der Waals surface area contributed by atoms with Gasteiger partial charge in [-0.25, -0.2) is 4.68 Å². The van der Waals surface area contributed by atoms with Crippen LogP contribution in [0.2, 0.25) is 0 Å². The van der Waals surface area contributed by atoms with Crippen LogP contribution < -0.4 is 5.56 Å². The lowest BCUT2D eigenvalue weighted by atomic mass is 10.2. The summed E-state index contributed by atoms with van der Waals surface area (Å²) in [6.07, 6.45) is 1.23. The Labute approximate surface area is 103 Å². The molecular formula is C12H13N3O3. The molecule has 0 bridgehead atoms. The van der Waals surface area contributed by atoms with Crippen LogP contribution in [0.3, 0.4) is 0 Å². The third-order valence-electron chi connectivity index (χ3n) is 2.64. The highest BCUT2D eigenvalue weighted by molar-refractivity contribution is 5.76. The van der Waals surface area contributed by atoms with Crippen LogP contribution in [0.1, 0.15) is 19.3 Å². The standard InChI is InChI=1S/C12H13N3O3/c16-11(17)7-3-4-8-15-12(18)9-5-1-2-6-10(9)13-14-15/h1-2,5-6H,3-4,7-8H2,(H,16,17). The Bertz CT molecular complexity index is 621. The van der Waals surface area contributed by atoms with Gasteiger partial charge in [-0.3, -0.25) is 9.59 Å². The van der Waals surface area contributed by atoms with Crippen molar-refractivity contribution in [3.8, 4) is 0 Å². The fourth-order valence-electron chi connectivity index (χ4n) is 1.71. The third kappa shape index (κ3) is 2.71. The van der Waals surface area contributed by atoms with E-state index in [1.165, 1.54) is 4.68 Å². The minimum absolute atomic E-state index is 0.107. The number of fused-ring (bicyclic) bond motifs is 1. The Balaban J connectivity index is 2.12.